The van der Waals surface area contributed by atoms with Gasteiger partial charge < -0.3 is 19.7 Å². The maximum atomic E-state index is 4.95. The zero-order valence-corrected chi connectivity index (χ0v) is 21.0. The van der Waals surface area contributed by atoms with E-state index in [4.69, 9.17) is 4.99 Å². The molecule has 4 rings (SSSR count). The van der Waals surface area contributed by atoms with Gasteiger partial charge in [-0.15, -0.1) is 34.2 Å². The monoisotopic (exact) mass is 529 g/mol. The number of aromatic nitrogens is 3. The van der Waals surface area contributed by atoms with Crippen LogP contribution >= 0.6 is 24.0 Å². The van der Waals surface area contributed by atoms with Gasteiger partial charge in [-0.2, -0.15) is 0 Å². The third-order valence-electron chi connectivity index (χ3n) is 6.64. The Labute approximate surface area is 199 Å². The van der Waals surface area contributed by atoms with Crippen molar-refractivity contribution in [3.05, 3.63) is 11.6 Å². The minimum atomic E-state index is 0. The fraction of sp³-hybridized carbons (Fsp3) is 0.864. The summed E-state index contributed by atoms with van der Waals surface area (Å²) in [5.74, 6) is 4.25. The third kappa shape index (κ3) is 6.31. The van der Waals surface area contributed by atoms with Gasteiger partial charge in [0, 0.05) is 52.1 Å². The molecule has 1 atom stereocenters. The molecule has 4 heterocycles. The lowest BCUT2D eigenvalue weighted by Crippen LogP contribution is -2.40. The molecule has 2 fully saturated rings. The van der Waals surface area contributed by atoms with Gasteiger partial charge in [0.1, 0.15) is 11.6 Å². The first-order valence-corrected chi connectivity index (χ1v) is 12.0. The molecule has 8 heteroatoms. The van der Waals surface area contributed by atoms with Gasteiger partial charge >= 0.3 is 0 Å². The van der Waals surface area contributed by atoms with Crippen LogP contribution in [-0.2, 0) is 19.4 Å². The fourth-order valence-corrected chi connectivity index (χ4v) is 5.08. The van der Waals surface area contributed by atoms with Crippen molar-refractivity contribution in [3.63, 3.8) is 0 Å². The molecule has 30 heavy (non-hydrogen) atoms. The summed E-state index contributed by atoms with van der Waals surface area (Å²) >= 11 is 0. The van der Waals surface area contributed by atoms with E-state index in [-0.39, 0.29) is 24.0 Å². The van der Waals surface area contributed by atoms with Crippen LogP contribution in [0.1, 0.15) is 63.5 Å². The highest BCUT2D eigenvalue weighted by molar-refractivity contribution is 14.0. The van der Waals surface area contributed by atoms with E-state index in [0.29, 0.717) is 0 Å². The quantitative estimate of drug-likeness (QED) is 0.255. The molecule has 3 aliphatic heterocycles. The van der Waals surface area contributed by atoms with E-state index in [1.165, 1.54) is 64.0 Å². The molecule has 1 aromatic rings. The zero-order chi connectivity index (χ0) is 19.9. The van der Waals surface area contributed by atoms with Crippen LogP contribution in [-0.4, -0.2) is 76.3 Å². The number of hydrogen-bond donors (Lipinski definition) is 1. The summed E-state index contributed by atoms with van der Waals surface area (Å²) in [4.78, 5) is 10.1. The standard InChI is InChI=1S/C22H39N7.HI/c1-2-23-22(28-16-11-19(18-28)17-27-13-6-7-14-27)24-12-8-10-21-26-25-20-9-4-3-5-15-29(20)21;/h19H,2-18H2,1H3,(H,23,24);1H. The van der Waals surface area contributed by atoms with Crippen molar-refractivity contribution in [2.45, 2.75) is 71.3 Å². The number of hydrogen-bond acceptors (Lipinski definition) is 4. The normalized spacial score (nSPS) is 22.6. The Morgan fingerprint density at radius 2 is 1.90 bits per heavy atom. The van der Waals surface area contributed by atoms with E-state index in [2.05, 4.69) is 36.8 Å². The Kier molecular flexibility index (Phi) is 9.67. The van der Waals surface area contributed by atoms with Crippen LogP contribution in [0.25, 0.3) is 0 Å². The molecule has 1 aromatic heterocycles. The number of guanidine groups is 1. The Hall–Kier alpha value is -0.900. The number of nitrogens with zero attached hydrogens (tertiary/aromatic N) is 6. The molecule has 3 aliphatic rings. The van der Waals surface area contributed by atoms with Crippen molar-refractivity contribution in [2.24, 2.45) is 10.9 Å². The van der Waals surface area contributed by atoms with E-state index in [1.54, 1.807) is 0 Å². The Balaban J connectivity index is 0.00000256. The third-order valence-corrected chi connectivity index (χ3v) is 6.64. The smallest absolute Gasteiger partial charge is 0.193 e. The summed E-state index contributed by atoms with van der Waals surface area (Å²) in [5.41, 5.74) is 0. The summed E-state index contributed by atoms with van der Waals surface area (Å²) in [6, 6.07) is 0. The van der Waals surface area contributed by atoms with Gasteiger partial charge in [-0.25, -0.2) is 0 Å². The van der Waals surface area contributed by atoms with Crippen molar-refractivity contribution >= 4 is 29.9 Å². The molecule has 0 aliphatic carbocycles. The zero-order valence-electron chi connectivity index (χ0n) is 18.7. The Morgan fingerprint density at radius 3 is 2.73 bits per heavy atom. The van der Waals surface area contributed by atoms with Gasteiger partial charge in [-0.3, -0.25) is 4.99 Å². The average Bonchev–Trinajstić information content (AvgIpc) is 3.45. The van der Waals surface area contributed by atoms with Crippen LogP contribution in [0, 0.1) is 5.92 Å². The molecule has 1 N–H and O–H groups in total. The first kappa shape index (κ1) is 23.8. The molecule has 2 saturated heterocycles. The van der Waals surface area contributed by atoms with Crippen molar-refractivity contribution < 1.29 is 0 Å². The summed E-state index contributed by atoms with van der Waals surface area (Å²) < 4.78 is 2.37. The second kappa shape index (κ2) is 12.2. The maximum Gasteiger partial charge on any atom is 0.193 e. The van der Waals surface area contributed by atoms with Crippen LogP contribution in [0.2, 0.25) is 0 Å². The van der Waals surface area contributed by atoms with E-state index in [9.17, 15) is 0 Å². The van der Waals surface area contributed by atoms with E-state index in [0.717, 1.165) is 69.7 Å². The van der Waals surface area contributed by atoms with Crippen LogP contribution in [0.3, 0.4) is 0 Å². The molecule has 0 aromatic carbocycles. The molecule has 0 radical (unpaired) electrons. The lowest BCUT2D eigenvalue weighted by atomic mass is 10.1. The van der Waals surface area contributed by atoms with Crippen LogP contribution < -0.4 is 5.32 Å². The number of nitrogens with one attached hydrogen (secondary N) is 1. The van der Waals surface area contributed by atoms with Crippen LogP contribution in [0.4, 0.5) is 0 Å². The number of rotatable bonds is 7. The van der Waals surface area contributed by atoms with Crippen LogP contribution in [0.5, 0.6) is 0 Å². The summed E-state index contributed by atoms with van der Waals surface area (Å²) in [6.07, 6.45) is 11.0. The van der Waals surface area contributed by atoms with Gasteiger partial charge in [0.05, 0.1) is 0 Å². The van der Waals surface area contributed by atoms with Gasteiger partial charge in [-0.1, -0.05) is 6.42 Å². The molecule has 1 unspecified atom stereocenters. The molecule has 7 nitrogen and oxygen atoms in total. The highest BCUT2D eigenvalue weighted by atomic mass is 127. The van der Waals surface area contributed by atoms with E-state index < -0.39 is 0 Å². The number of fused-ring (bicyclic) bond motifs is 1. The number of halogens is 1. The molecule has 0 bridgehead atoms. The molecule has 0 amide bonds. The molecular weight excluding hydrogens is 489 g/mol. The predicted octanol–water partition coefficient (Wildman–Crippen LogP) is 2.94. The highest BCUT2D eigenvalue weighted by Crippen LogP contribution is 2.20. The number of likely N-dealkylation sites (tertiary alicyclic amines) is 2. The molecular formula is C22H40IN7. The topological polar surface area (TPSA) is 61.6 Å². The van der Waals surface area contributed by atoms with E-state index >= 15 is 0 Å². The largest absolute Gasteiger partial charge is 0.357 e. The lowest BCUT2D eigenvalue weighted by Gasteiger charge is -2.23. The average molecular weight is 530 g/mol. The van der Waals surface area contributed by atoms with Crippen molar-refractivity contribution in [1.82, 2.24) is 29.9 Å². The summed E-state index contributed by atoms with van der Waals surface area (Å²) in [6.45, 7) is 11.2. The number of aryl methyl sites for hydroxylation is 2. The lowest BCUT2D eigenvalue weighted by molar-refractivity contribution is 0.281. The van der Waals surface area contributed by atoms with Gasteiger partial charge in [0.2, 0.25) is 0 Å². The second-order valence-corrected chi connectivity index (χ2v) is 8.94. The summed E-state index contributed by atoms with van der Waals surface area (Å²) in [7, 11) is 0. The minimum absolute atomic E-state index is 0. The predicted molar refractivity (Wildman–Crippen MR) is 133 cm³/mol. The van der Waals surface area contributed by atoms with Crippen molar-refractivity contribution in [2.75, 3.05) is 45.8 Å². The van der Waals surface area contributed by atoms with E-state index in [1.807, 2.05) is 0 Å². The van der Waals surface area contributed by atoms with Gasteiger partial charge in [0.25, 0.3) is 0 Å². The van der Waals surface area contributed by atoms with Crippen molar-refractivity contribution in [3.8, 4) is 0 Å². The van der Waals surface area contributed by atoms with Gasteiger partial charge in [0.15, 0.2) is 5.96 Å². The Morgan fingerprint density at radius 1 is 1.07 bits per heavy atom. The first-order chi connectivity index (χ1) is 14.3. The SMILES string of the molecule is CCNC(=NCCCc1nnc2n1CCCCC2)N1CCC(CN2CCCC2)C1.I. The molecule has 0 saturated carbocycles. The number of aliphatic imine (C=N–C) groups is 1. The first-order valence-electron chi connectivity index (χ1n) is 12.0. The Bertz CT molecular complexity index is 668. The molecule has 0 spiro atoms. The minimum Gasteiger partial charge on any atom is -0.357 e. The van der Waals surface area contributed by atoms with Crippen LogP contribution in [0.15, 0.2) is 4.99 Å². The molecule has 170 valence electrons. The fourth-order valence-electron chi connectivity index (χ4n) is 5.08. The maximum absolute atomic E-state index is 4.95. The van der Waals surface area contributed by atoms with Crippen molar-refractivity contribution in [1.29, 1.82) is 0 Å². The second-order valence-electron chi connectivity index (χ2n) is 8.94. The van der Waals surface area contributed by atoms with Gasteiger partial charge in [-0.05, 0) is 64.5 Å². The summed E-state index contributed by atoms with van der Waals surface area (Å²) in [5, 5.41) is 12.4. The highest BCUT2D eigenvalue weighted by Gasteiger charge is 2.27.